The van der Waals surface area contributed by atoms with Crippen molar-refractivity contribution in [3.8, 4) is 0 Å². The van der Waals surface area contributed by atoms with Gasteiger partial charge in [-0.1, -0.05) is 12.5 Å². The van der Waals surface area contributed by atoms with Crippen molar-refractivity contribution < 1.29 is 15.2 Å². The summed E-state index contributed by atoms with van der Waals surface area (Å²) in [5.41, 5.74) is 3.38. The Labute approximate surface area is 235 Å². The Morgan fingerprint density at radius 2 is 1.98 bits per heavy atom. The Hall–Kier alpha value is -2.72. The van der Waals surface area contributed by atoms with Crippen LogP contribution in [0.2, 0.25) is 0 Å². The first-order valence-electron chi connectivity index (χ1n) is 15.2. The van der Waals surface area contributed by atoms with Crippen molar-refractivity contribution in [2.75, 3.05) is 38.1 Å². The third-order valence-corrected chi connectivity index (χ3v) is 10.7. The summed E-state index contributed by atoms with van der Waals surface area (Å²) < 4.78 is 1.93. The van der Waals surface area contributed by atoms with Gasteiger partial charge in [0, 0.05) is 74.3 Å². The van der Waals surface area contributed by atoms with Gasteiger partial charge in [-0.15, -0.1) is 0 Å². The summed E-state index contributed by atoms with van der Waals surface area (Å²) in [5, 5.41) is 20.6. The molecule has 6 heterocycles. The molecule has 1 amide bonds. The maximum absolute atomic E-state index is 14.4. The maximum Gasteiger partial charge on any atom is 0.250 e. The minimum Gasteiger partial charge on any atom is -0.595 e. The number of hydrogen-bond acceptors (Lipinski definition) is 6. The van der Waals surface area contributed by atoms with Gasteiger partial charge in [-0.25, -0.2) is 5.21 Å². The summed E-state index contributed by atoms with van der Waals surface area (Å²) in [5.74, 6) is 0.800. The van der Waals surface area contributed by atoms with Gasteiger partial charge in [-0.2, -0.15) is 5.23 Å². The number of benzene rings is 1. The van der Waals surface area contributed by atoms with Gasteiger partial charge < -0.3 is 24.5 Å². The van der Waals surface area contributed by atoms with E-state index in [0.29, 0.717) is 24.9 Å². The lowest BCUT2D eigenvalue weighted by Gasteiger charge is -2.54. The van der Waals surface area contributed by atoms with Crippen molar-refractivity contribution in [1.82, 2.24) is 14.4 Å². The third-order valence-electron chi connectivity index (χ3n) is 10.7. The Morgan fingerprint density at radius 1 is 1.12 bits per heavy atom. The normalized spacial score (nSPS) is 31.8. The van der Waals surface area contributed by atoms with Crippen LogP contribution in [0.25, 0.3) is 0 Å². The molecule has 2 N–H and O–H groups in total. The number of carbonyl (C=O) groups excluding carboxylic acids is 1. The highest BCUT2D eigenvalue weighted by molar-refractivity contribution is 5.82. The first-order chi connectivity index (χ1) is 19.4. The molecular formula is C31H41N5O4. The number of quaternary nitrogens is 1. The standard InChI is InChI=1S/C31H41N5O4/c1-32(17-20-6-5-13-33-12-3-2-7-26(20)33)31(38)25-16-21-15-24(36(39)40)10-11-28(21)35-18-22-14-23(30(25)35)19-34-27(22)8-4-9-29(34)37/h4,8-11,15,20,22-23,25-26,30,36,39H,2-3,5-7,12-14,16-19H2,1H3. The zero-order valence-corrected chi connectivity index (χ0v) is 23.4. The van der Waals surface area contributed by atoms with Crippen LogP contribution in [0, 0.1) is 23.0 Å². The van der Waals surface area contributed by atoms with Gasteiger partial charge in [0.2, 0.25) is 5.91 Å². The molecule has 2 bridgehead atoms. The van der Waals surface area contributed by atoms with E-state index in [1.165, 1.54) is 45.2 Å². The summed E-state index contributed by atoms with van der Waals surface area (Å²) in [7, 11) is 1.98. The SMILES string of the molecule is CN(CC1CCCN2CCCCC12)C(=O)C1Cc2cc([NH+]([O-])O)ccc2N2CC3CC(Cn4c3cccc4=O)C12. The number of nitrogens with one attached hydrogen (secondary N) is 1. The molecule has 5 aliphatic heterocycles. The Balaban J connectivity index is 1.21. The van der Waals surface area contributed by atoms with Crippen molar-refractivity contribution in [1.29, 1.82) is 0 Å². The van der Waals surface area contributed by atoms with E-state index < -0.39 is 5.23 Å². The quantitative estimate of drug-likeness (QED) is 0.570. The highest BCUT2D eigenvalue weighted by Crippen LogP contribution is 2.48. The molecule has 9 heteroatoms. The molecule has 0 radical (unpaired) electrons. The van der Waals surface area contributed by atoms with Crippen molar-refractivity contribution in [3.63, 3.8) is 0 Å². The summed E-state index contributed by atoms with van der Waals surface area (Å²) in [6.45, 7) is 4.51. The molecule has 1 aromatic heterocycles. The zero-order valence-electron chi connectivity index (χ0n) is 23.4. The van der Waals surface area contributed by atoms with E-state index in [2.05, 4.69) is 15.9 Å². The second-order valence-electron chi connectivity index (χ2n) is 12.9. The predicted octanol–water partition coefficient (Wildman–Crippen LogP) is 2.14. The molecule has 3 fully saturated rings. The molecule has 40 heavy (non-hydrogen) atoms. The van der Waals surface area contributed by atoms with E-state index in [0.717, 1.165) is 36.5 Å². The Bertz CT molecular complexity index is 1340. The second-order valence-corrected chi connectivity index (χ2v) is 12.9. The van der Waals surface area contributed by atoms with Crippen molar-refractivity contribution in [3.05, 3.63) is 63.2 Å². The van der Waals surface area contributed by atoms with Crippen LogP contribution < -0.4 is 15.7 Å². The van der Waals surface area contributed by atoms with Crippen LogP contribution in [0.15, 0.2) is 41.2 Å². The Kier molecular flexibility index (Phi) is 6.73. The van der Waals surface area contributed by atoms with E-state index in [1.54, 1.807) is 18.2 Å². The number of carbonyl (C=O) groups is 1. The van der Waals surface area contributed by atoms with Gasteiger partial charge in [0.1, 0.15) is 0 Å². The lowest BCUT2D eigenvalue weighted by molar-refractivity contribution is -0.991. The number of pyridine rings is 1. The van der Waals surface area contributed by atoms with Gasteiger partial charge >= 0.3 is 0 Å². The molecule has 0 saturated carbocycles. The van der Waals surface area contributed by atoms with E-state index in [4.69, 9.17) is 0 Å². The summed E-state index contributed by atoms with van der Waals surface area (Å²) in [6, 6.07) is 11.5. The van der Waals surface area contributed by atoms with Crippen LogP contribution in [-0.2, 0) is 17.8 Å². The fraction of sp³-hybridized carbons (Fsp3) is 0.613. The van der Waals surface area contributed by atoms with Gasteiger partial charge in [-0.05, 0) is 81.1 Å². The molecule has 3 saturated heterocycles. The fourth-order valence-corrected chi connectivity index (χ4v) is 8.99. The van der Waals surface area contributed by atoms with Crippen LogP contribution in [-0.4, -0.2) is 70.8 Å². The molecule has 214 valence electrons. The third kappa shape index (κ3) is 4.38. The van der Waals surface area contributed by atoms with E-state index in [9.17, 15) is 20.0 Å². The molecular weight excluding hydrogens is 506 g/mol. The first-order valence-corrected chi connectivity index (χ1v) is 15.2. The maximum atomic E-state index is 14.4. The summed E-state index contributed by atoms with van der Waals surface area (Å²) in [6.07, 6.45) is 7.68. The largest absolute Gasteiger partial charge is 0.595 e. The Morgan fingerprint density at radius 3 is 2.83 bits per heavy atom. The summed E-state index contributed by atoms with van der Waals surface area (Å²) >= 11 is 0. The van der Waals surface area contributed by atoms with Crippen LogP contribution in [0.4, 0.5) is 11.4 Å². The van der Waals surface area contributed by atoms with Gasteiger partial charge in [0.25, 0.3) is 5.56 Å². The van der Waals surface area contributed by atoms with Crippen LogP contribution in [0.1, 0.15) is 55.7 Å². The lowest BCUT2D eigenvalue weighted by Crippen LogP contribution is -2.99. The molecule has 1 aromatic carbocycles. The molecule has 5 aliphatic rings. The average Bonchev–Trinajstić information content (AvgIpc) is 2.96. The lowest BCUT2D eigenvalue weighted by atomic mass is 9.69. The molecule has 2 aromatic rings. The highest BCUT2D eigenvalue weighted by Gasteiger charge is 2.50. The molecule has 0 spiro atoms. The monoisotopic (exact) mass is 547 g/mol. The minimum absolute atomic E-state index is 0.00725. The number of fused-ring (bicyclic) bond motifs is 9. The van der Waals surface area contributed by atoms with Gasteiger partial charge in [0.15, 0.2) is 5.69 Å². The first kappa shape index (κ1) is 26.2. The average molecular weight is 548 g/mol. The number of piperidine rings is 3. The fourth-order valence-electron chi connectivity index (χ4n) is 8.99. The summed E-state index contributed by atoms with van der Waals surface area (Å²) in [4.78, 5) is 34.3. The van der Waals surface area contributed by atoms with Crippen LogP contribution in [0.3, 0.4) is 0 Å². The topological polar surface area (TPSA) is 96.5 Å². The van der Waals surface area contributed by atoms with Gasteiger partial charge in [0.05, 0.1) is 5.92 Å². The molecule has 7 atom stereocenters. The van der Waals surface area contributed by atoms with E-state index in [-0.39, 0.29) is 40.9 Å². The molecule has 9 nitrogen and oxygen atoms in total. The number of aromatic nitrogens is 1. The number of amides is 1. The molecule has 7 unspecified atom stereocenters. The van der Waals surface area contributed by atoms with Crippen molar-refractivity contribution >= 4 is 17.3 Å². The number of anilines is 1. The second kappa shape index (κ2) is 10.3. The number of rotatable bonds is 4. The van der Waals surface area contributed by atoms with Crippen molar-refractivity contribution in [2.24, 2.45) is 17.8 Å². The highest BCUT2D eigenvalue weighted by atomic mass is 16.8. The van der Waals surface area contributed by atoms with E-state index in [1.807, 2.05) is 28.6 Å². The smallest absolute Gasteiger partial charge is 0.250 e. The minimum atomic E-state index is -0.942. The van der Waals surface area contributed by atoms with Crippen LogP contribution in [0.5, 0.6) is 0 Å². The molecule has 7 rings (SSSR count). The van der Waals surface area contributed by atoms with E-state index >= 15 is 0 Å². The predicted molar refractivity (Wildman–Crippen MR) is 152 cm³/mol. The van der Waals surface area contributed by atoms with Crippen LogP contribution >= 0.6 is 0 Å². The van der Waals surface area contributed by atoms with Crippen molar-refractivity contribution in [2.45, 2.75) is 69.5 Å². The zero-order chi connectivity index (χ0) is 27.5. The number of nitrogens with zero attached hydrogens (tertiary/aromatic N) is 4. The number of hydrogen-bond donors (Lipinski definition) is 2. The van der Waals surface area contributed by atoms with Gasteiger partial charge in [-0.3, -0.25) is 9.59 Å². The molecule has 0 aliphatic carbocycles.